The second kappa shape index (κ2) is 4.58. The summed E-state index contributed by atoms with van der Waals surface area (Å²) in [6, 6.07) is 6.13. The van der Waals surface area contributed by atoms with Gasteiger partial charge in [-0.3, -0.25) is 4.79 Å². The summed E-state index contributed by atoms with van der Waals surface area (Å²) in [5.41, 5.74) is 3.30. The first kappa shape index (κ1) is 11.5. The molecular formula is C15H16O3. The Morgan fingerprint density at radius 3 is 2.89 bits per heavy atom. The minimum atomic E-state index is 0.210. The Labute approximate surface area is 106 Å². The SMILES string of the molecule is Cc1ccc(C2=CC(=O)CC2)c(OCC2CO2)c1. The van der Waals surface area contributed by atoms with Crippen molar-refractivity contribution >= 4 is 11.4 Å². The lowest BCUT2D eigenvalue weighted by Crippen LogP contribution is -2.05. The summed E-state index contributed by atoms with van der Waals surface area (Å²) in [5, 5.41) is 0. The van der Waals surface area contributed by atoms with Gasteiger partial charge in [0.25, 0.3) is 0 Å². The minimum Gasteiger partial charge on any atom is -0.490 e. The lowest BCUT2D eigenvalue weighted by molar-refractivity contribution is -0.114. The highest BCUT2D eigenvalue weighted by Crippen LogP contribution is 2.33. The predicted molar refractivity (Wildman–Crippen MR) is 68.6 cm³/mol. The molecule has 2 aliphatic rings. The number of rotatable bonds is 4. The number of ketones is 1. The van der Waals surface area contributed by atoms with E-state index in [1.807, 2.05) is 19.1 Å². The number of allylic oxidation sites excluding steroid dienone is 2. The first-order valence-electron chi connectivity index (χ1n) is 6.31. The van der Waals surface area contributed by atoms with Gasteiger partial charge in [0.2, 0.25) is 0 Å². The fraction of sp³-hybridized carbons (Fsp3) is 0.400. The number of hydrogen-bond donors (Lipinski definition) is 0. The highest BCUT2D eigenvalue weighted by Gasteiger charge is 2.24. The smallest absolute Gasteiger partial charge is 0.156 e. The van der Waals surface area contributed by atoms with Crippen molar-refractivity contribution in [3.05, 3.63) is 35.4 Å². The second-order valence-electron chi connectivity index (χ2n) is 4.90. The van der Waals surface area contributed by atoms with Crippen LogP contribution in [0.1, 0.15) is 24.0 Å². The lowest BCUT2D eigenvalue weighted by Gasteiger charge is -2.12. The van der Waals surface area contributed by atoms with E-state index in [1.165, 1.54) is 0 Å². The van der Waals surface area contributed by atoms with Crippen LogP contribution >= 0.6 is 0 Å². The molecule has 0 N–H and O–H groups in total. The zero-order chi connectivity index (χ0) is 12.5. The maximum absolute atomic E-state index is 11.3. The van der Waals surface area contributed by atoms with Gasteiger partial charge in [0.05, 0.1) is 6.61 Å². The van der Waals surface area contributed by atoms with Crippen LogP contribution in [0.2, 0.25) is 0 Å². The summed E-state index contributed by atoms with van der Waals surface area (Å²) in [5.74, 6) is 1.08. The number of ether oxygens (including phenoxy) is 2. The maximum Gasteiger partial charge on any atom is 0.156 e. The molecule has 0 radical (unpaired) electrons. The molecule has 0 bridgehead atoms. The number of epoxide rings is 1. The van der Waals surface area contributed by atoms with Crippen LogP contribution in [0.25, 0.3) is 5.57 Å². The number of carbonyl (C=O) groups excluding carboxylic acids is 1. The van der Waals surface area contributed by atoms with Crippen molar-refractivity contribution in [2.75, 3.05) is 13.2 Å². The maximum atomic E-state index is 11.3. The Morgan fingerprint density at radius 2 is 2.22 bits per heavy atom. The largest absolute Gasteiger partial charge is 0.490 e. The van der Waals surface area contributed by atoms with Gasteiger partial charge in [0.15, 0.2) is 5.78 Å². The molecule has 1 aromatic carbocycles. The fourth-order valence-electron chi connectivity index (χ4n) is 2.17. The molecule has 94 valence electrons. The van der Waals surface area contributed by atoms with Crippen molar-refractivity contribution in [3.63, 3.8) is 0 Å². The van der Waals surface area contributed by atoms with E-state index in [0.717, 1.165) is 35.5 Å². The molecule has 1 aromatic rings. The van der Waals surface area contributed by atoms with Crippen LogP contribution in [-0.4, -0.2) is 25.1 Å². The van der Waals surface area contributed by atoms with Gasteiger partial charge in [0, 0.05) is 12.0 Å². The van der Waals surface area contributed by atoms with E-state index in [1.54, 1.807) is 6.08 Å². The quantitative estimate of drug-likeness (QED) is 0.764. The molecule has 18 heavy (non-hydrogen) atoms. The van der Waals surface area contributed by atoms with Gasteiger partial charge in [-0.25, -0.2) is 0 Å². The number of benzene rings is 1. The Hall–Kier alpha value is -1.61. The molecule has 1 atom stereocenters. The molecule has 1 aliphatic carbocycles. The third-order valence-corrected chi connectivity index (χ3v) is 3.29. The van der Waals surface area contributed by atoms with Gasteiger partial charge in [-0.05, 0) is 36.6 Å². The molecule has 3 heteroatoms. The third-order valence-electron chi connectivity index (χ3n) is 3.29. The fourth-order valence-corrected chi connectivity index (χ4v) is 2.17. The molecule has 3 nitrogen and oxygen atoms in total. The Morgan fingerprint density at radius 1 is 1.39 bits per heavy atom. The normalized spacial score (nSPS) is 21.9. The minimum absolute atomic E-state index is 0.210. The van der Waals surface area contributed by atoms with Crippen molar-refractivity contribution < 1.29 is 14.3 Å². The van der Waals surface area contributed by atoms with Crippen molar-refractivity contribution in [3.8, 4) is 5.75 Å². The van der Waals surface area contributed by atoms with Crippen LogP contribution < -0.4 is 4.74 Å². The van der Waals surface area contributed by atoms with E-state index in [-0.39, 0.29) is 11.9 Å². The van der Waals surface area contributed by atoms with Crippen LogP contribution in [0.4, 0.5) is 0 Å². The molecule has 1 heterocycles. The Balaban J connectivity index is 1.86. The van der Waals surface area contributed by atoms with E-state index in [4.69, 9.17) is 9.47 Å². The molecule has 3 rings (SSSR count). The standard InChI is InChI=1S/C15H16O3/c1-10-2-5-14(11-3-4-12(16)7-11)15(6-10)18-9-13-8-17-13/h2,5-7,13H,3-4,8-9H2,1H3. The van der Waals surface area contributed by atoms with Crippen molar-refractivity contribution in [1.29, 1.82) is 0 Å². The predicted octanol–water partition coefficient (Wildman–Crippen LogP) is 2.52. The molecule has 1 aliphatic heterocycles. The first-order chi connectivity index (χ1) is 8.72. The monoisotopic (exact) mass is 244 g/mol. The molecule has 0 saturated carbocycles. The van der Waals surface area contributed by atoms with E-state index in [0.29, 0.717) is 13.0 Å². The van der Waals surface area contributed by atoms with Gasteiger partial charge >= 0.3 is 0 Å². The van der Waals surface area contributed by atoms with E-state index in [9.17, 15) is 4.79 Å². The lowest BCUT2D eigenvalue weighted by atomic mass is 10.0. The number of carbonyl (C=O) groups is 1. The van der Waals surface area contributed by atoms with Crippen LogP contribution in [0, 0.1) is 6.92 Å². The van der Waals surface area contributed by atoms with Crippen molar-refractivity contribution in [1.82, 2.24) is 0 Å². The van der Waals surface area contributed by atoms with Crippen LogP contribution in [-0.2, 0) is 9.53 Å². The molecule has 1 fully saturated rings. The molecule has 1 saturated heterocycles. The number of hydrogen-bond acceptors (Lipinski definition) is 3. The average molecular weight is 244 g/mol. The van der Waals surface area contributed by atoms with E-state index >= 15 is 0 Å². The summed E-state index contributed by atoms with van der Waals surface area (Å²) in [4.78, 5) is 11.3. The van der Waals surface area contributed by atoms with Gasteiger partial charge in [0.1, 0.15) is 18.5 Å². The number of aryl methyl sites for hydroxylation is 1. The molecular weight excluding hydrogens is 228 g/mol. The average Bonchev–Trinajstić information content (AvgIpc) is 3.08. The highest BCUT2D eigenvalue weighted by atomic mass is 16.6. The first-order valence-corrected chi connectivity index (χ1v) is 6.31. The highest BCUT2D eigenvalue weighted by molar-refractivity contribution is 6.02. The summed E-state index contributed by atoms with van der Waals surface area (Å²) in [6.45, 7) is 3.43. The zero-order valence-corrected chi connectivity index (χ0v) is 10.4. The van der Waals surface area contributed by atoms with Gasteiger partial charge < -0.3 is 9.47 Å². The molecule has 0 amide bonds. The van der Waals surface area contributed by atoms with Crippen molar-refractivity contribution in [2.24, 2.45) is 0 Å². The summed E-state index contributed by atoms with van der Waals surface area (Å²) < 4.78 is 11.0. The molecule has 0 spiro atoms. The summed E-state index contributed by atoms with van der Waals surface area (Å²) in [6.07, 6.45) is 3.43. The van der Waals surface area contributed by atoms with Crippen molar-refractivity contribution in [2.45, 2.75) is 25.9 Å². The Kier molecular flexibility index (Phi) is 2.92. The second-order valence-corrected chi connectivity index (χ2v) is 4.90. The zero-order valence-electron chi connectivity index (χ0n) is 10.4. The molecule has 1 unspecified atom stereocenters. The molecule has 0 aromatic heterocycles. The topological polar surface area (TPSA) is 38.8 Å². The van der Waals surface area contributed by atoms with Crippen LogP contribution in [0.15, 0.2) is 24.3 Å². The Bertz CT molecular complexity index is 512. The van der Waals surface area contributed by atoms with Gasteiger partial charge in [-0.2, -0.15) is 0 Å². The van der Waals surface area contributed by atoms with Crippen LogP contribution in [0.5, 0.6) is 5.75 Å². The van der Waals surface area contributed by atoms with Gasteiger partial charge in [-0.1, -0.05) is 12.1 Å². The third kappa shape index (κ3) is 2.46. The van der Waals surface area contributed by atoms with Gasteiger partial charge in [-0.15, -0.1) is 0 Å². The van der Waals surface area contributed by atoms with Crippen LogP contribution in [0.3, 0.4) is 0 Å². The van der Waals surface area contributed by atoms with E-state index < -0.39 is 0 Å². The summed E-state index contributed by atoms with van der Waals surface area (Å²) >= 11 is 0. The van der Waals surface area contributed by atoms with E-state index in [2.05, 4.69) is 6.07 Å². The summed E-state index contributed by atoms with van der Waals surface area (Å²) in [7, 11) is 0.